The highest BCUT2D eigenvalue weighted by Gasteiger charge is 2.18. The monoisotopic (exact) mass is 159 g/mol. The first kappa shape index (κ1) is 10.9. The van der Waals surface area contributed by atoms with Crippen molar-refractivity contribution < 1.29 is 5.11 Å². The van der Waals surface area contributed by atoms with Gasteiger partial charge in [-0.05, 0) is 26.7 Å². The summed E-state index contributed by atoms with van der Waals surface area (Å²) >= 11 is 0. The molecule has 0 bridgehead atoms. The molecule has 0 aromatic heterocycles. The SMILES string of the molecule is CC(C)[C@H](CO)NC(C)(C)C. The Morgan fingerprint density at radius 2 is 1.73 bits per heavy atom. The molecule has 11 heavy (non-hydrogen) atoms. The maximum atomic E-state index is 9.00. The number of hydrogen-bond acceptors (Lipinski definition) is 2. The molecule has 2 nitrogen and oxygen atoms in total. The van der Waals surface area contributed by atoms with Crippen molar-refractivity contribution in [3.05, 3.63) is 0 Å². The maximum Gasteiger partial charge on any atom is 0.0587 e. The molecule has 0 aromatic rings. The molecule has 0 heterocycles. The Morgan fingerprint density at radius 3 is 1.82 bits per heavy atom. The molecule has 0 radical (unpaired) electrons. The summed E-state index contributed by atoms with van der Waals surface area (Å²) in [4.78, 5) is 0. The standard InChI is InChI=1S/C9H21NO/c1-7(2)8(6-11)10-9(3,4)5/h7-8,10-11H,6H2,1-5H3/t8-/m0/s1. The lowest BCUT2D eigenvalue weighted by Gasteiger charge is -2.29. The molecule has 0 aliphatic rings. The summed E-state index contributed by atoms with van der Waals surface area (Å²) in [6.45, 7) is 10.8. The lowest BCUT2D eigenvalue weighted by molar-refractivity contribution is 0.184. The quantitative estimate of drug-likeness (QED) is 0.652. The van der Waals surface area contributed by atoms with Crippen LogP contribution in [0.3, 0.4) is 0 Å². The molecule has 0 aliphatic carbocycles. The topological polar surface area (TPSA) is 32.3 Å². The van der Waals surface area contributed by atoms with E-state index in [1.54, 1.807) is 0 Å². The molecule has 2 N–H and O–H groups in total. The normalized spacial score (nSPS) is 15.5. The van der Waals surface area contributed by atoms with Crippen LogP contribution < -0.4 is 5.32 Å². The van der Waals surface area contributed by atoms with Gasteiger partial charge in [0.1, 0.15) is 0 Å². The van der Waals surface area contributed by atoms with Gasteiger partial charge in [-0.2, -0.15) is 0 Å². The fourth-order valence-corrected chi connectivity index (χ4v) is 0.979. The molecule has 0 unspecified atom stereocenters. The Labute approximate surface area is 70.0 Å². The number of hydrogen-bond donors (Lipinski definition) is 2. The lowest BCUT2D eigenvalue weighted by atomic mass is 10.0. The number of aliphatic hydroxyl groups is 1. The minimum atomic E-state index is 0.0949. The molecule has 0 amide bonds. The minimum absolute atomic E-state index is 0.0949. The third kappa shape index (κ3) is 5.22. The minimum Gasteiger partial charge on any atom is -0.395 e. The summed E-state index contributed by atoms with van der Waals surface area (Å²) in [6.07, 6.45) is 0. The van der Waals surface area contributed by atoms with E-state index in [9.17, 15) is 0 Å². The first-order valence-electron chi connectivity index (χ1n) is 4.25. The second-order valence-electron chi connectivity index (χ2n) is 4.43. The molecule has 0 rings (SSSR count). The van der Waals surface area contributed by atoms with E-state index < -0.39 is 0 Å². The van der Waals surface area contributed by atoms with Crippen LogP contribution in [0.2, 0.25) is 0 Å². The highest BCUT2D eigenvalue weighted by atomic mass is 16.3. The van der Waals surface area contributed by atoms with Crippen molar-refractivity contribution in [2.24, 2.45) is 5.92 Å². The zero-order chi connectivity index (χ0) is 9.07. The summed E-state index contributed by atoms with van der Waals surface area (Å²) in [6, 6.07) is 0.218. The van der Waals surface area contributed by atoms with E-state index in [4.69, 9.17) is 5.11 Å². The second-order valence-corrected chi connectivity index (χ2v) is 4.43. The third-order valence-corrected chi connectivity index (χ3v) is 1.62. The van der Waals surface area contributed by atoms with Crippen LogP contribution in [0.15, 0.2) is 0 Å². The first-order chi connectivity index (χ1) is 4.87. The van der Waals surface area contributed by atoms with Crippen molar-refractivity contribution in [3.8, 4) is 0 Å². The van der Waals surface area contributed by atoms with Gasteiger partial charge in [0.2, 0.25) is 0 Å². The molecule has 0 fully saturated rings. The maximum absolute atomic E-state index is 9.00. The van der Waals surface area contributed by atoms with E-state index in [0.29, 0.717) is 5.92 Å². The second kappa shape index (κ2) is 4.07. The predicted octanol–water partition coefficient (Wildman–Crippen LogP) is 1.39. The summed E-state index contributed by atoms with van der Waals surface area (Å²) in [7, 11) is 0. The fourth-order valence-electron chi connectivity index (χ4n) is 0.979. The largest absolute Gasteiger partial charge is 0.395 e. The van der Waals surface area contributed by atoms with Gasteiger partial charge in [-0.3, -0.25) is 0 Å². The molecule has 0 aromatic carbocycles. The molecule has 0 saturated heterocycles. The van der Waals surface area contributed by atoms with Crippen molar-refractivity contribution in [2.75, 3.05) is 6.61 Å². The van der Waals surface area contributed by atoms with Crippen LogP contribution in [0.5, 0.6) is 0 Å². The van der Waals surface area contributed by atoms with Gasteiger partial charge in [0.05, 0.1) is 6.61 Å². The Balaban J connectivity index is 3.88. The van der Waals surface area contributed by atoms with Gasteiger partial charge < -0.3 is 10.4 Å². The van der Waals surface area contributed by atoms with Crippen LogP contribution in [0, 0.1) is 5.92 Å². The summed E-state index contributed by atoms with van der Waals surface area (Å²) in [5.41, 5.74) is 0.0949. The van der Waals surface area contributed by atoms with Crippen LogP contribution in [0.4, 0.5) is 0 Å². The molecule has 0 saturated carbocycles. The fraction of sp³-hybridized carbons (Fsp3) is 1.00. The smallest absolute Gasteiger partial charge is 0.0587 e. The lowest BCUT2D eigenvalue weighted by Crippen LogP contribution is -2.48. The van der Waals surface area contributed by atoms with Crippen molar-refractivity contribution >= 4 is 0 Å². The van der Waals surface area contributed by atoms with E-state index in [0.717, 1.165) is 0 Å². The van der Waals surface area contributed by atoms with Crippen LogP contribution in [0.25, 0.3) is 0 Å². The first-order valence-corrected chi connectivity index (χ1v) is 4.25. The van der Waals surface area contributed by atoms with Gasteiger partial charge in [-0.1, -0.05) is 13.8 Å². The van der Waals surface area contributed by atoms with Crippen LogP contribution in [0.1, 0.15) is 34.6 Å². The number of rotatable bonds is 3. The van der Waals surface area contributed by atoms with Crippen molar-refractivity contribution in [1.82, 2.24) is 5.32 Å². The molecule has 1 atom stereocenters. The van der Waals surface area contributed by atoms with Gasteiger partial charge >= 0.3 is 0 Å². The zero-order valence-corrected chi connectivity index (χ0v) is 8.31. The summed E-state index contributed by atoms with van der Waals surface area (Å²) in [5, 5.41) is 12.4. The van der Waals surface area contributed by atoms with E-state index in [2.05, 4.69) is 39.9 Å². The number of nitrogens with one attached hydrogen (secondary N) is 1. The average Bonchev–Trinajstić information content (AvgIpc) is 1.80. The van der Waals surface area contributed by atoms with E-state index in [1.807, 2.05) is 0 Å². The molecule has 0 spiro atoms. The average molecular weight is 159 g/mol. The Kier molecular flexibility index (Phi) is 4.04. The van der Waals surface area contributed by atoms with E-state index in [-0.39, 0.29) is 18.2 Å². The van der Waals surface area contributed by atoms with E-state index in [1.165, 1.54) is 0 Å². The number of aliphatic hydroxyl groups excluding tert-OH is 1. The molecule has 2 heteroatoms. The molecular formula is C9H21NO. The van der Waals surface area contributed by atoms with Gasteiger partial charge in [0, 0.05) is 11.6 Å². The zero-order valence-electron chi connectivity index (χ0n) is 8.31. The van der Waals surface area contributed by atoms with Gasteiger partial charge in [-0.15, -0.1) is 0 Å². The predicted molar refractivity (Wildman–Crippen MR) is 48.6 cm³/mol. The van der Waals surface area contributed by atoms with Crippen LogP contribution in [-0.4, -0.2) is 23.3 Å². The summed E-state index contributed by atoms with van der Waals surface area (Å²) < 4.78 is 0. The van der Waals surface area contributed by atoms with Crippen molar-refractivity contribution in [3.63, 3.8) is 0 Å². The van der Waals surface area contributed by atoms with Crippen LogP contribution in [-0.2, 0) is 0 Å². The van der Waals surface area contributed by atoms with Gasteiger partial charge in [0.25, 0.3) is 0 Å². The Hall–Kier alpha value is -0.0800. The Morgan fingerprint density at radius 1 is 1.27 bits per heavy atom. The van der Waals surface area contributed by atoms with Gasteiger partial charge in [0.15, 0.2) is 0 Å². The molecular weight excluding hydrogens is 138 g/mol. The van der Waals surface area contributed by atoms with Crippen molar-refractivity contribution in [1.29, 1.82) is 0 Å². The molecule has 0 aliphatic heterocycles. The highest BCUT2D eigenvalue weighted by molar-refractivity contribution is 4.79. The third-order valence-electron chi connectivity index (χ3n) is 1.62. The van der Waals surface area contributed by atoms with E-state index >= 15 is 0 Å². The van der Waals surface area contributed by atoms with Crippen molar-refractivity contribution in [2.45, 2.75) is 46.2 Å². The Bertz CT molecular complexity index is 105. The highest BCUT2D eigenvalue weighted by Crippen LogP contribution is 2.07. The van der Waals surface area contributed by atoms with Gasteiger partial charge in [-0.25, -0.2) is 0 Å². The molecule has 68 valence electrons. The van der Waals surface area contributed by atoms with Crippen LogP contribution >= 0.6 is 0 Å². The summed E-state index contributed by atoms with van der Waals surface area (Å²) in [5.74, 6) is 0.485.